The van der Waals surface area contributed by atoms with Gasteiger partial charge in [-0.1, -0.05) is 41.9 Å². The smallest absolute Gasteiger partial charge is 0.265 e. The van der Waals surface area contributed by atoms with E-state index in [9.17, 15) is 13.2 Å². The molecule has 2 aromatic carbocycles. The first-order chi connectivity index (χ1) is 14.8. The van der Waals surface area contributed by atoms with Gasteiger partial charge in [-0.3, -0.25) is 4.79 Å². The van der Waals surface area contributed by atoms with Crippen molar-refractivity contribution in [2.24, 2.45) is 0 Å². The van der Waals surface area contributed by atoms with E-state index < -0.39 is 10.0 Å². The van der Waals surface area contributed by atoms with E-state index in [0.717, 1.165) is 16.3 Å². The second-order valence-electron chi connectivity index (χ2n) is 7.33. The molecular weight excluding hydrogens is 454 g/mol. The largest absolute Gasteiger partial charge is 0.335 e. The first-order valence-electron chi connectivity index (χ1n) is 9.90. The molecule has 0 aliphatic carbocycles. The second kappa shape index (κ2) is 9.08. The van der Waals surface area contributed by atoms with Gasteiger partial charge in [0.15, 0.2) is 0 Å². The van der Waals surface area contributed by atoms with Gasteiger partial charge in [0.25, 0.3) is 5.91 Å². The number of halogens is 1. The lowest BCUT2D eigenvalue weighted by Gasteiger charge is -2.33. The van der Waals surface area contributed by atoms with Crippen LogP contribution in [-0.4, -0.2) is 54.7 Å². The van der Waals surface area contributed by atoms with Crippen molar-refractivity contribution in [3.8, 4) is 0 Å². The summed E-state index contributed by atoms with van der Waals surface area (Å²) in [7, 11) is -3.60. The van der Waals surface area contributed by atoms with Crippen molar-refractivity contribution in [1.29, 1.82) is 0 Å². The minimum atomic E-state index is -3.60. The van der Waals surface area contributed by atoms with Gasteiger partial charge < -0.3 is 4.90 Å². The summed E-state index contributed by atoms with van der Waals surface area (Å²) < 4.78 is 27.1. The number of hydrogen-bond acceptors (Lipinski definition) is 5. The van der Waals surface area contributed by atoms with Gasteiger partial charge in [-0.15, -0.1) is 11.3 Å². The number of rotatable bonds is 5. The number of sulfonamides is 1. The van der Waals surface area contributed by atoms with Gasteiger partial charge in [-0.25, -0.2) is 13.4 Å². The van der Waals surface area contributed by atoms with E-state index in [-0.39, 0.29) is 23.9 Å². The van der Waals surface area contributed by atoms with Crippen molar-refractivity contribution >= 4 is 38.9 Å². The van der Waals surface area contributed by atoms with Gasteiger partial charge in [-0.05, 0) is 36.8 Å². The van der Waals surface area contributed by atoms with Crippen LogP contribution in [0, 0.1) is 6.92 Å². The lowest BCUT2D eigenvalue weighted by atomic mass is 10.2. The summed E-state index contributed by atoms with van der Waals surface area (Å²) in [4.78, 5) is 20.2. The second-order valence-corrected chi connectivity index (χ2v) is 10.8. The maximum absolute atomic E-state index is 13.1. The number of amides is 1. The Bertz CT molecular complexity index is 1170. The van der Waals surface area contributed by atoms with Crippen LogP contribution in [-0.2, 0) is 16.4 Å². The molecule has 0 unspecified atom stereocenters. The minimum Gasteiger partial charge on any atom is -0.335 e. The predicted octanol–water partition coefficient (Wildman–Crippen LogP) is 3.84. The van der Waals surface area contributed by atoms with Crippen molar-refractivity contribution < 1.29 is 13.2 Å². The van der Waals surface area contributed by atoms with Crippen LogP contribution in [0.15, 0.2) is 59.5 Å². The van der Waals surface area contributed by atoms with E-state index in [1.165, 1.54) is 27.8 Å². The molecule has 31 heavy (non-hydrogen) atoms. The number of aromatic nitrogens is 1. The zero-order chi connectivity index (χ0) is 22.0. The van der Waals surface area contributed by atoms with Crippen LogP contribution in [0.4, 0.5) is 0 Å². The molecule has 0 radical (unpaired) electrons. The molecule has 3 aromatic rings. The summed E-state index contributed by atoms with van der Waals surface area (Å²) in [5.74, 6) is -0.0853. The molecular formula is C22H22ClN3O3S2. The van der Waals surface area contributed by atoms with Crippen molar-refractivity contribution in [2.45, 2.75) is 18.2 Å². The van der Waals surface area contributed by atoms with Gasteiger partial charge in [0.1, 0.15) is 4.88 Å². The lowest BCUT2D eigenvalue weighted by Crippen LogP contribution is -2.50. The number of hydrogen-bond donors (Lipinski definition) is 0. The molecule has 0 saturated carbocycles. The monoisotopic (exact) mass is 475 g/mol. The first kappa shape index (κ1) is 22.0. The fraction of sp³-hybridized carbons (Fsp3) is 0.273. The fourth-order valence-electron chi connectivity index (χ4n) is 3.53. The van der Waals surface area contributed by atoms with E-state index in [2.05, 4.69) is 4.98 Å². The quantitative estimate of drug-likeness (QED) is 0.562. The molecule has 4 rings (SSSR count). The summed E-state index contributed by atoms with van der Waals surface area (Å²) in [6, 6.07) is 16.2. The average molecular weight is 476 g/mol. The Labute approximate surface area is 191 Å². The summed E-state index contributed by atoms with van der Waals surface area (Å²) >= 11 is 7.28. The Morgan fingerprint density at radius 3 is 2.32 bits per heavy atom. The van der Waals surface area contributed by atoms with E-state index >= 15 is 0 Å². The Hall–Kier alpha value is -2.26. The molecule has 0 bridgehead atoms. The van der Waals surface area contributed by atoms with E-state index in [4.69, 9.17) is 11.6 Å². The Morgan fingerprint density at radius 2 is 1.68 bits per heavy atom. The van der Waals surface area contributed by atoms with Crippen LogP contribution in [0.2, 0.25) is 5.02 Å². The standard InChI is InChI=1S/C22H22ClN3O3S2/c1-16-21(30-20(24-16)15-17-5-3-2-4-6-17)22(27)25-11-13-26(14-12-25)31(28,29)19-9-7-18(23)8-10-19/h2-10H,11-15H2,1H3. The molecule has 1 aliphatic heterocycles. The highest BCUT2D eigenvalue weighted by molar-refractivity contribution is 7.89. The third-order valence-corrected chi connectivity index (χ3v) is 8.52. The zero-order valence-electron chi connectivity index (χ0n) is 17.0. The number of benzene rings is 2. The van der Waals surface area contributed by atoms with E-state index in [0.29, 0.717) is 29.4 Å². The molecule has 1 fully saturated rings. The third kappa shape index (κ3) is 4.82. The summed E-state index contributed by atoms with van der Waals surface area (Å²) in [5.41, 5.74) is 1.87. The molecule has 0 N–H and O–H groups in total. The van der Waals surface area contributed by atoms with Gasteiger partial charge in [0.05, 0.1) is 15.6 Å². The maximum Gasteiger partial charge on any atom is 0.265 e. The van der Waals surface area contributed by atoms with Gasteiger partial charge in [-0.2, -0.15) is 4.31 Å². The summed E-state index contributed by atoms with van der Waals surface area (Å²) in [6.07, 6.45) is 0.687. The predicted molar refractivity (Wildman–Crippen MR) is 122 cm³/mol. The number of thiazole rings is 1. The van der Waals surface area contributed by atoms with E-state index in [1.54, 1.807) is 17.0 Å². The van der Waals surface area contributed by atoms with Crippen LogP contribution >= 0.6 is 22.9 Å². The van der Waals surface area contributed by atoms with Crippen LogP contribution in [0.5, 0.6) is 0 Å². The van der Waals surface area contributed by atoms with Crippen LogP contribution < -0.4 is 0 Å². The minimum absolute atomic E-state index is 0.0853. The van der Waals surface area contributed by atoms with Crippen molar-refractivity contribution in [3.63, 3.8) is 0 Å². The molecule has 9 heteroatoms. The highest BCUT2D eigenvalue weighted by atomic mass is 35.5. The summed E-state index contributed by atoms with van der Waals surface area (Å²) in [5, 5.41) is 1.39. The van der Waals surface area contributed by atoms with Crippen molar-refractivity contribution in [3.05, 3.63) is 80.8 Å². The van der Waals surface area contributed by atoms with E-state index in [1.807, 2.05) is 37.3 Å². The zero-order valence-corrected chi connectivity index (χ0v) is 19.4. The highest BCUT2D eigenvalue weighted by Crippen LogP contribution is 2.24. The molecule has 6 nitrogen and oxygen atoms in total. The normalized spacial score (nSPS) is 15.2. The average Bonchev–Trinajstić information content (AvgIpc) is 3.14. The van der Waals surface area contributed by atoms with Crippen molar-refractivity contribution in [1.82, 2.24) is 14.2 Å². The first-order valence-corrected chi connectivity index (χ1v) is 12.5. The molecule has 1 aliphatic rings. The molecule has 162 valence electrons. The van der Waals surface area contributed by atoms with Gasteiger partial charge >= 0.3 is 0 Å². The van der Waals surface area contributed by atoms with Crippen LogP contribution in [0.1, 0.15) is 25.9 Å². The third-order valence-electron chi connectivity index (χ3n) is 5.21. The molecule has 1 amide bonds. The number of nitrogens with zero attached hydrogens (tertiary/aromatic N) is 3. The van der Waals surface area contributed by atoms with Gasteiger partial charge in [0, 0.05) is 37.6 Å². The van der Waals surface area contributed by atoms with Crippen LogP contribution in [0.3, 0.4) is 0 Å². The lowest BCUT2D eigenvalue weighted by molar-refractivity contribution is 0.0702. The SMILES string of the molecule is Cc1nc(Cc2ccccc2)sc1C(=O)N1CCN(S(=O)(=O)c2ccc(Cl)cc2)CC1. The Morgan fingerprint density at radius 1 is 1.03 bits per heavy atom. The number of carbonyl (C=O) groups excluding carboxylic acids is 1. The molecule has 0 spiro atoms. The van der Waals surface area contributed by atoms with Crippen molar-refractivity contribution in [2.75, 3.05) is 26.2 Å². The number of aryl methyl sites for hydroxylation is 1. The summed E-state index contributed by atoms with van der Waals surface area (Å²) in [6.45, 7) is 3.05. The molecule has 1 saturated heterocycles. The topological polar surface area (TPSA) is 70.6 Å². The number of carbonyl (C=O) groups is 1. The Balaban J connectivity index is 1.42. The maximum atomic E-state index is 13.1. The van der Waals surface area contributed by atoms with Crippen LogP contribution in [0.25, 0.3) is 0 Å². The van der Waals surface area contributed by atoms with Gasteiger partial charge in [0.2, 0.25) is 10.0 Å². The molecule has 2 heterocycles. The highest BCUT2D eigenvalue weighted by Gasteiger charge is 2.31. The molecule has 1 aromatic heterocycles. The molecule has 0 atom stereocenters. The fourth-order valence-corrected chi connectivity index (χ4v) is 6.14. The Kier molecular flexibility index (Phi) is 6.43. The number of piperazine rings is 1.